The average molecular weight is 328 g/mol. The van der Waals surface area contributed by atoms with Crippen LogP contribution in [0.1, 0.15) is 20.3 Å². The van der Waals surface area contributed by atoms with Crippen LogP contribution in [0.25, 0.3) is 4.96 Å². The minimum atomic E-state index is -3.82. The highest BCUT2D eigenvalue weighted by molar-refractivity contribution is 7.89. The number of imidazole rings is 1. The molecule has 0 fully saturated rings. The third kappa shape index (κ3) is 2.73. The van der Waals surface area contributed by atoms with Gasteiger partial charge in [0.2, 0.25) is 5.03 Å². The monoisotopic (exact) mass is 328 g/mol. The molecule has 0 saturated carbocycles. The second kappa shape index (κ2) is 5.98. The molecule has 0 aromatic carbocycles. The number of anilines is 1. The van der Waals surface area contributed by atoms with Gasteiger partial charge in [-0.15, -0.1) is 11.3 Å². The van der Waals surface area contributed by atoms with Crippen LogP contribution in [0, 0.1) is 11.3 Å². The van der Waals surface area contributed by atoms with Crippen LogP contribution in [0.15, 0.2) is 16.6 Å². The molecule has 2 rings (SSSR count). The van der Waals surface area contributed by atoms with Crippen molar-refractivity contribution in [3.8, 4) is 6.07 Å². The molecule has 3 N–H and O–H groups in total. The average Bonchev–Trinajstić information content (AvgIpc) is 2.97. The largest absolute Gasteiger partial charge is 0.306 e. The number of thiazole rings is 1. The summed E-state index contributed by atoms with van der Waals surface area (Å²) in [6.07, 6.45) is 1.75. The van der Waals surface area contributed by atoms with Crippen LogP contribution < -0.4 is 11.3 Å². The van der Waals surface area contributed by atoms with Crippen molar-refractivity contribution in [2.45, 2.75) is 31.3 Å². The van der Waals surface area contributed by atoms with Crippen molar-refractivity contribution in [3.05, 3.63) is 11.6 Å². The lowest BCUT2D eigenvalue weighted by Gasteiger charge is -2.24. The summed E-state index contributed by atoms with van der Waals surface area (Å²) in [5.41, 5.74) is 2.33. The zero-order valence-electron chi connectivity index (χ0n) is 11.6. The molecule has 0 spiro atoms. The standard InChI is InChI=1S/C11H16N6O2S2/c1-8(2)17(5-3-4-12)21(18,19)10-9(15-13)14-11-16(10)6-7-20-11/h6-8,15H,3,5,13H2,1-2H3. The SMILES string of the molecule is CC(C)N(CCC#N)S(=O)(=O)c1c(NN)nc2sccn12. The van der Waals surface area contributed by atoms with Gasteiger partial charge in [-0.1, -0.05) is 0 Å². The van der Waals surface area contributed by atoms with Crippen LogP contribution in [-0.2, 0) is 10.0 Å². The third-order valence-corrected chi connectivity index (χ3v) is 5.79. The molecule has 0 aliphatic heterocycles. The van der Waals surface area contributed by atoms with E-state index in [1.807, 2.05) is 6.07 Å². The Morgan fingerprint density at radius 2 is 2.33 bits per heavy atom. The van der Waals surface area contributed by atoms with Gasteiger partial charge < -0.3 is 5.43 Å². The first-order chi connectivity index (χ1) is 9.93. The van der Waals surface area contributed by atoms with Crippen molar-refractivity contribution in [2.75, 3.05) is 12.0 Å². The summed E-state index contributed by atoms with van der Waals surface area (Å²) in [7, 11) is -3.82. The predicted octanol–water partition coefficient (Wildman–Crippen LogP) is 0.994. The molecule has 0 atom stereocenters. The summed E-state index contributed by atoms with van der Waals surface area (Å²) in [5, 5.41) is 10.5. The number of fused-ring (bicyclic) bond motifs is 1. The molecule has 114 valence electrons. The minimum absolute atomic E-state index is 0.00658. The van der Waals surface area contributed by atoms with E-state index in [1.165, 1.54) is 20.0 Å². The number of aromatic nitrogens is 2. The highest BCUT2D eigenvalue weighted by Gasteiger charge is 2.33. The Labute approximate surface area is 126 Å². The summed E-state index contributed by atoms with van der Waals surface area (Å²) >= 11 is 1.31. The molecule has 2 heterocycles. The summed E-state index contributed by atoms with van der Waals surface area (Å²) in [5.74, 6) is 5.49. The van der Waals surface area contributed by atoms with Crippen LogP contribution >= 0.6 is 11.3 Å². The normalized spacial score (nSPS) is 12.2. The number of rotatable bonds is 6. The van der Waals surface area contributed by atoms with E-state index in [1.54, 1.807) is 25.4 Å². The minimum Gasteiger partial charge on any atom is -0.306 e. The maximum absolute atomic E-state index is 12.9. The van der Waals surface area contributed by atoms with Crippen molar-refractivity contribution < 1.29 is 8.42 Å². The lowest BCUT2D eigenvalue weighted by molar-refractivity contribution is 0.359. The second-order valence-electron chi connectivity index (χ2n) is 4.58. The van der Waals surface area contributed by atoms with E-state index in [0.29, 0.717) is 4.96 Å². The number of hydrazine groups is 1. The lowest BCUT2D eigenvalue weighted by Crippen LogP contribution is -2.38. The molecule has 21 heavy (non-hydrogen) atoms. The quantitative estimate of drug-likeness (QED) is 0.603. The van der Waals surface area contributed by atoms with Crippen molar-refractivity contribution in [2.24, 2.45) is 5.84 Å². The Morgan fingerprint density at radius 3 is 2.90 bits per heavy atom. The fourth-order valence-corrected chi connectivity index (χ4v) is 4.66. The van der Waals surface area contributed by atoms with Gasteiger partial charge in [0, 0.05) is 30.6 Å². The topological polar surface area (TPSA) is 117 Å². The van der Waals surface area contributed by atoms with Crippen LogP contribution in [0.3, 0.4) is 0 Å². The van der Waals surface area contributed by atoms with Crippen molar-refractivity contribution in [1.29, 1.82) is 5.26 Å². The Morgan fingerprint density at radius 1 is 1.62 bits per heavy atom. The number of nitrogens with two attached hydrogens (primary N) is 1. The molecule has 0 aliphatic rings. The van der Waals surface area contributed by atoms with Crippen LogP contribution in [0.5, 0.6) is 0 Å². The van der Waals surface area contributed by atoms with Gasteiger partial charge in [-0.2, -0.15) is 14.6 Å². The van der Waals surface area contributed by atoms with Crippen molar-refractivity contribution >= 4 is 32.1 Å². The predicted molar refractivity (Wildman–Crippen MR) is 80.1 cm³/mol. The summed E-state index contributed by atoms with van der Waals surface area (Å²) in [4.78, 5) is 4.69. The third-order valence-electron chi connectivity index (χ3n) is 2.93. The Bertz CT molecular complexity index is 770. The number of hydrogen-bond acceptors (Lipinski definition) is 7. The molecule has 2 aromatic rings. The molecule has 0 saturated heterocycles. The van der Waals surface area contributed by atoms with Crippen LogP contribution in [0.2, 0.25) is 0 Å². The number of hydrogen-bond donors (Lipinski definition) is 2. The fourth-order valence-electron chi connectivity index (χ4n) is 2.03. The highest BCUT2D eigenvalue weighted by atomic mass is 32.2. The molecular formula is C11H16N6O2S2. The van der Waals surface area contributed by atoms with E-state index >= 15 is 0 Å². The van der Waals surface area contributed by atoms with E-state index in [2.05, 4.69) is 10.4 Å². The van der Waals surface area contributed by atoms with Crippen molar-refractivity contribution in [3.63, 3.8) is 0 Å². The Kier molecular flexibility index (Phi) is 4.48. The zero-order chi connectivity index (χ0) is 15.6. The molecule has 0 unspecified atom stereocenters. The van der Waals surface area contributed by atoms with E-state index in [-0.39, 0.29) is 29.9 Å². The van der Waals surface area contributed by atoms with Crippen LogP contribution in [-0.4, -0.2) is 34.7 Å². The Hall–Kier alpha value is -1.67. The first-order valence-corrected chi connectivity index (χ1v) is 8.56. The summed E-state index contributed by atoms with van der Waals surface area (Å²) in [6.45, 7) is 3.64. The number of nitriles is 1. The summed E-state index contributed by atoms with van der Waals surface area (Å²) in [6, 6.07) is 1.68. The van der Waals surface area contributed by atoms with Gasteiger partial charge >= 0.3 is 0 Å². The van der Waals surface area contributed by atoms with E-state index in [4.69, 9.17) is 11.1 Å². The maximum Gasteiger partial charge on any atom is 0.263 e. The van der Waals surface area contributed by atoms with Gasteiger partial charge in [-0.25, -0.2) is 14.3 Å². The van der Waals surface area contributed by atoms with Crippen molar-refractivity contribution in [1.82, 2.24) is 13.7 Å². The van der Waals surface area contributed by atoms with Crippen LogP contribution in [0.4, 0.5) is 5.82 Å². The highest BCUT2D eigenvalue weighted by Crippen LogP contribution is 2.28. The van der Waals surface area contributed by atoms with Gasteiger partial charge in [0.25, 0.3) is 10.0 Å². The number of nitrogens with one attached hydrogen (secondary N) is 1. The van der Waals surface area contributed by atoms with Gasteiger partial charge in [-0.3, -0.25) is 4.40 Å². The van der Waals surface area contributed by atoms with Gasteiger partial charge in [0.1, 0.15) is 0 Å². The molecule has 8 nitrogen and oxygen atoms in total. The number of nitrogens with zero attached hydrogens (tertiary/aromatic N) is 4. The molecule has 10 heteroatoms. The first kappa shape index (κ1) is 15.7. The molecule has 0 bridgehead atoms. The number of sulfonamides is 1. The van der Waals surface area contributed by atoms with Gasteiger partial charge in [0.15, 0.2) is 10.8 Å². The molecule has 2 aromatic heterocycles. The zero-order valence-corrected chi connectivity index (χ0v) is 13.3. The number of nitrogen functional groups attached to an aromatic ring is 1. The molecular weight excluding hydrogens is 312 g/mol. The maximum atomic E-state index is 12.9. The lowest BCUT2D eigenvalue weighted by atomic mass is 10.3. The molecule has 0 aliphatic carbocycles. The first-order valence-electron chi connectivity index (χ1n) is 6.24. The molecule has 0 radical (unpaired) electrons. The second-order valence-corrected chi connectivity index (χ2v) is 7.26. The van der Waals surface area contributed by atoms with Gasteiger partial charge in [-0.05, 0) is 13.8 Å². The smallest absolute Gasteiger partial charge is 0.263 e. The van der Waals surface area contributed by atoms with E-state index in [0.717, 1.165) is 0 Å². The fraction of sp³-hybridized carbons (Fsp3) is 0.455. The van der Waals surface area contributed by atoms with E-state index < -0.39 is 10.0 Å². The molecule has 0 amide bonds. The van der Waals surface area contributed by atoms with Gasteiger partial charge in [0.05, 0.1) is 6.07 Å². The van der Waals surface area contributed by atoms with E-state index in [9.17, 15) is 8.42 Å². The summed E-state index contributed by atoms with van der Waals surface area (Å²) < 4.78 is 28.6. The Balaban J connectivity index is 2.58.